The van der Waals surface area contributed by atoms with Gasteiger partial charge in [0.05, 0.1) is 11.7 Å². The monoisotopic (exact) mass is 268 g/mol. The number of hydrogen-bond acceptors (Lipinski definition) is 3. The van der Waals surface area contributed by atoms with Gasteiger partial charge in [-0.15, -0.1) is 0 Å². The van der Waals surface area contributed by atoms with Crippen molar-refractivity contribution in [3.05, 3.63) is 0 Å². The summed E-state index contributed by atoms with van der Waals surface area (Å²) in [6, 6.07) is 0. The van der Waals surface area contributed by atoms with E-state index in [9.17, 15) is 4.79 Å². The minimum absolute atomic E-state index is 0.0279. The standard InChI is InChI=1S/C15H28N2O2/c1-14(2)11-17(10-12(9-16)19-14)13(18)15(3)7-5-4-6-8-15/h12H,4-11,16H2,1-3H3. The van der Waals surface area contributed by atoms with Crippen LogP contribution >= 0.6 is 0 Å². The quantitative estimate of drug-likeness (QED) is 0.832. The molecule has 4 heteroatoms. The number of hydrogen-bond donors (Lipinski definition) is 1. The molecule has 0 aromatic heterocycles. The summed E-state index contributed by atoms with van der Waals surface area (Å²) < 4.78 is 5.90. The topological polar surface area (TPSA) is 55.6 Å². The maximum atomic E-state index is 12.9. The molecule has 110 valence electrons. The maximum absolute atomic E-state index is 12.9. The van der Waals surface area contributed by atoms with E-state index in [2.05, 4.69) is 6.92 Å². The fourth-order valence-electron chi connectivity index (χ4n) is 3.50. The van der Waals surface area contributed by atoms with Crippen LogP contribution in [-0.4, -0.2) is 42.1 Å². The molecule has 1 aliphatic heterocycles. The van der Waals surface area contributed by atoms with Gasteiger partial charge in [0.25, 0.3) is 0 Å². The highest BCUT2D eigenvalue weighted by Crippen LogP contribution is 2.38. The highest BCUT2D eigenvalue weighted by molar-refractivity contribution is 5.82. The number of carbonyl (C=O) groups excluding carboxylic acids is 1. The Kier molecular flexibility index (Phi) is 4.21. The van der Waals surface area contributed by atoms with Gasteiger partial charge in [-0.1, -0.05) is 26.2 Å². The second kappa shape index (κ2) is 5.41. The lowest BCUT2D eigenvalue weighted by molar-refractivity contribution is -0.168. The van der Waals surface area contributed by atoms with E-state index in [-0.39, 0.29) is 17.1 Å². The van der Waals surface area contributed by atoms with Crippen molar-refractivity contribution in [2.45, 2.75) is 64.6 Å². The lowest BCUT2D eigenvalue weighted by Gasteiger charge is -2.46. The third-order valence-electron chi connectivity index (χ3n) is 4.50. The van der Waals surface area contributed by atoms with Crippen LogP contribution in [0.15, 0.2) is 0 Å². The number of rotatable bonds is 2. The molecule has 1 saturated carbocycles. The SMILES string of the molecule is CC1(C)CN(C(=O)C2(C)CCCCC2)CC(CN)O1. The Balaban J connectivity index is 2.09. The van der Waals surface area contributed by atoms with Crippen LogP contribution in [0.2, 0.25) is 0 Å². The highest BCUT2D eigenvalue weighted by Gasteiger charge is 2.42. The molecule has 0 radical (unpaired) electrons. The van der Waals surface area contributed by atoms with Gasteiger partial charge < -0.3 is 15.4 Å². The Hall–Kier alpha value is -0.610. The molecule has 2 fully saturated rings. The summed E-state index contributed by atoms with van der Waals surface area (Å²) in [6.07, 6.45) is 5.64. The third-order valence-corrected chi connectivity index (χ3v) is 4.50. The first kappa shape index (κ1) is 14.8. The van der Waals surface area contributed by atoms with E-state index in [4.69, 9.17) is 10.5 Å². The molecule has 1 aliphatic carbocycles. The van der Waals surface area contributed by atoms with Crippen LogP contribution in [0, 0.1) is 5.41 Å². The third kappa shape index (κ3) is 3.29. The van der Waals surface area contributed by atoms with Gasteiger partial charge in [-0.2, -0.15) is 0 Å². The average Bonchev–Trinajstić information content (AvgIpc) is 2.36. The summed E-state index contributed by atoms with van der Waals surface area (Å²) in [4.78, 5) is 14.8. The van der Waals surface area contributed by atoms with Crippen molar-refractivity contribution in [3.63, 3.8) is 0 Å². The van der Waals surface area contributed by atoms with E-state index in [1.54, 1.807) is 0 Å². The number of carbonyl (C=O) groups is 1. The minimum atomic E-state index is -0.289. The first-order valence-electron chi connectivity index (χ1n) is 7.54. The molecule has 2 aliphatic rings. The second-order valence-electron chi connectivity index (χ2n) is 7.04. The Labute approximate surface area is 116 Å². The van der Waals surface area contributed by atoms with Crippen molar-refractivity contribution in [1.82, 2.24) is 4.90 Å². The average molecular weight is 268 g/mol. The van der Waals surface area contributed by atoms with Crippen LogP contribution < -0.4 is 5.73 Å². The summed E-state index contributed by atoms with van der Waals surface area (Å²) in [5, 5.41) is 0. The number of ether oxygens (including phenoxy) is 1. The van der Waals surface area contributed by atoms with Gasteiger partial charge in [0, 0.05) is 25.0 Å². The zero-order valence-electron chi connectivity index (χ0n) is 12.6. The van der Waals surface area contributed by atoms with Crippen LogP contribution in [0.1, 0.15) is 52.9 Å². The molecule has 19 heavy (non-hydrogen) atoms. The molecule has 2 N–H and O–H groups in total. The molecule has 0 bridgehead atoms. The van der Waals surface area contributed by atoms with Crippen molar-refractivity contribution >= 4 is 5.91 Å². The summed E-state index contributed by atoms with van der Waals surface area (Å²) in [5.41, 5.74) is 5.28. The number of amides is 1. The smallest absolute Gasteiger partial charge is 0.228 e. The van der Waals surface area contributed by atoms with E-state index >= 15 is 0 Å². The summed E-state index contributed by atoms with van der Waals surface area (Å²) in [6.45, 7) is 8.02. The molecule has 2 rings (SSSR count). The summed E-state index contributed by atoms with van der Waals surface area (Å²) >= 11 is 0. The number of morpholine rings is 1. The zero-order valence-corrected chi connectivity index (χ0v) is 12.6. The molecule has 1 unspecified atom stereocenters. The lowest BCUT2D eigenvalue weighted by atomic mass is 9.74. The van der Waals surface area contributed by atoms with Crippen molar-refractivity contribution < 1.29 is 9.53 Å². The fraction of sp³-hybridized carbons (Fsp3) is 0.933. The zero-order chi connectivity index (χ0) is 14.1. The van der Waals surface area contributed by atoms with E-state index < -0.39 is 0 Å². The Bertz CT molecular complexity index is 335. The molecular weight excluding hydrogens is 240 g/mol. The summed E-state index contributed by atoms with van der Waals surface area (Å²) in [7, 11) is 0. The van der Waals surface area contributed by atoms with Gasteiger partial charge in [-0.05, 0) is 26.7 Å². The molecule has 0 aromatic rings. The van der Waals surface area contributed by atoms with Gasteiger partial charge in [0.15, 0.2) is 0 Å². The van der Waals surface area contributed by atoms with Crippen molar-refractivity contribution in [2.24, 2.45) is 11.1 Å². The van der Waals surface area contributed by atoms with Crippen molar-refractivity contribution in [2.75, 3.05) is 19.6 Å². The molecule has 1 saturated heterocycles. The molecule has 0 aromatic carbocycles. The van der Waals surface area contributed by atoms with Crippen LogP contribution in [-0.2, 0) is 9.53 Å². The van der Waals surface area contributed by atoms with Gasteiger partial charge in [0.1, 0.15) is 0 Å². The van der Waals surface area contributed by atoms with Gasteiger partial charge >= 0.3 is 0 Å². The second-order valence-corrected chi connectivity index (χ2v) is 7.04. The Morgan fingerprint density at radius 3 is 2.47 bits per heavy atom. The van der Waals surface area contributed by atoms with Crippen molar-refractivity contribution in [1.29, 1.82) is 0 Å². The van der Waals surface area contributed by atoms with Crippen LogP contribution in [0.25, 0.3) is 0 Å². The van der Waals surface area contributed by atoms with Gasteiger partial charge in [0.2, 0.25) is 5.91 Å². The van der Waals surface area contributed by atoms with Gasteiger partial charge in [-0.3, -0.25) is 4.79 Å². The predicted molar refractivity (Wildman–Crippen MR) is 75.8 cm³/mol. The number of nitrogens with zero attached hydrogens (tertiary/aromatic N) is 1. The number of nitrogens with two attached hydrogens (primary N) is 1. The lowest BCUT2D eigenvalue weighted by Crippen LogP contribution is -2.59. The molecule has 1 heterocycles. The summed E-state index contributed by atoms with van der Waals surface area (Å²) in [5.74, 6) is 0.307. The Morgan fingerprint density at radius 2 is 1.89 bits per heavy atom. The first-order chi connectivity index (χ1) is 8.86. The van der Waals surface area contributed by atoms with E-state index in [1.807, 2.05) is 18.7 Å². The van der Waals surface area contributed by atoms with Gasteiger partial charge in [-0.25, -0.2) is 0 Å². The molecule has 0 spiro atoms. The van der Waals surface area contributed by atoms with Crippen LogP contribution in [0.5, 0.6) is 0 Å². The molecular formula is C15H28N2O2. The Morgan fingerprint density at radius 1 is 1.26 bits per heavy atom. The normalized spacial score (nSPS) is 30.1. The highest BCUT2D eigenvalue weighted by atomic mass is 16.5. The minimum Gasteiger partial charge on any atom is -0.367 e. The molecule has 1 amide bonds. The van der Waals surface area contributed by atoms with Crippen LogP contribution in [0.3, 0.4) is 0 Å². The molecule has 1 atom stereocenters. The van der Waals surface area contributed by atoms with E-state index in [0.29, 0.717) is 25.5 Å². The first-order valence-corrected chi connectivity index (χ1v) is 7.54. The molecule has 4 nitrogen and oxygen atoms in total. The van der Waals surface area contributed by atoms with E-state index in [0.717, 1.165) is 12.8 Å². The predicted octanol–water partition coefficient (Wildman–Crippen LogP) is 1.92. The van der Waals surface area contributed by atoms with Crippen LogP contribution in [0.4, 0.5) is 0 Å². The largest absolute Gasteiger partial charge is 0.367 e. The fourth-order valence-corrected chi connectivity index (χ4v) is 3.50. The maximum Gasteiger partial charge on any atom is 0.228 e. The van der Waals surface area contributed by atoms with E-state index in [1.165, 1.54) is 19.3 Å². The van der Waals surface area contributed by atoms with Crippen molar-refractivity contribution in [3.8, 4) is 0 Å².